The smallest absolute Gasteiger partial charge is 0.416 e. The second-order valence-electron chi connectivity index (χ2n) is 6.56. The fourth-order valence-electron chi connectivity index (χ4n) is 2.83. The van der Waals surface area contributed by atoms with Crippen LogP contribution in [-0.2, 0) is 17.4 Å². The number of carbonyl (C=O) groups is 1. The first kappa shape index (κ1) is 20.8. The molecule has 1 aliphatic rings. The number of amides is 1. The molecule has 0 atom stereocenters. The molecule has 0 unspecified atom stereocenters. The molecule has 29 heavy (non-hydrogen) atoms. The minimum absolute atomic E-state index is 0.0804. The maximum Gasteiger partial charge on any atom is 0.416 e. The number of aryl methyl sites for hydroxylation is 1. The molecule has 8 heteroatoms. The normalized spacial score (nSPS) is 13.5. The summed E-state index contributed by atoms with van der Waals surface area (Å²) >= 11 is 0. The number of hydrogen-bond acceptors (Lipinski definition) is 4. The highest BCUT2D eigenvalue weighted by atomic mass is 19.4. The third-order valence-electron chi connectivity index (χ3n) is 4.31. The number of fused-ring (bicyclic) bond motifs is 1. The number of halogens is 3. The van der Waals surface area contributed by atoms with Crippen molar-refractivity contribution in [3.8, 4) is 17.2 Å². The lowest BCUT2D eigenvalue weighted by molar-refractivity contribution is -0.137. The standard InChI is InChI=1S/C21H22F3NO4/c22-21(23,24)16-3-1-4-17(14-16)27-12-9-25-20(26)8-6-15-5-7-18-19(13-15)29-11-2-10-28-18/h1,3-5,7,13-14H,2,6,8-12H2,(H,25,26). The first-order valence-corrected chi connectivity index (χ1v) is 9.37. The predicted octanol–water partition coefficient (Wildman–Crippen LogP) is 3.99. The van der Waals surface area contributed by atoms with Crippen LogP contribution in [0.15, 0.2) is 42.5 Å². The van der Waals surface area contributed by atoms with Gasteiger partial charge in [-0.3, -0.25) is 4.79 Å². The molecule has 0 saturated heterocycles. The van der Waals surface area contributed by atoms with Crippen molar-refractivity contribution in [2.24, 2.45) is 0 Å². The van der Waals surface area contributed by atoms with Crippen LogP contribution < -0.4 is 19.5 Å². The van der Waals surface area contributed by atoms with Gasteiger partial charge in [0.05, 0.1) is 25.3 Å². The van der Waals surface area contributed by atoms with Crippen molar-refractivity contribution < 1.29 is 32.2 Å². The summed E-state index contributed by atoms with van der Waals surface area (Å²) in [4.78, 5) is 12.0. The van der Waals surface area contributed by atoms with Crippen LogP contribution in [0.25, 0.3) is 0 Å². The second kappa shape index (κ2) is 9.54. The summed E-state index contributed by atoms with van der Waals surface area (Å²) in [5.74, 6) is 1.35. The maximum absolute atomic E-state index is 12.7. The Kier molecular flexibility index (Phi) is 6.85. The van der Waals surface area contributed by atoms with Crippen molar-refractivity contribution >= 4 is 5.91 Å². The van der Waals surface area contributed by atoms with Crippen LogP contribution in [0, 0.1) is 0 Å². The molecular formula is C21H22F3NO4. The Morgan fingerprint density at radius 1 is 1.07 bits per heavy atom. The number of carbonyl (C=O) groups excluding carboxylic acids is 1. The molecule has 0 aromatic heterocycles. The van der Waals surface area contributed by atoms with E-state index in [0.29, 0.717) is 31.1 Å². The fraction of sp³-hybridized carbons (Fsp3) is 0.381. The van der Waals surface area contributed by atoms with Crippen LogP contribution >= 0.6 is 0 Å². The second-order valence-corrected chi connectivity index (χ2v) is 6.56. The topological polar surface area (TPSA) is 56.8 Å². The third kappa shape index (κ3) is 6.30. The molecule has 0 aliphatic carbocycles. The molecule has 2 aromatic rings. The summed E-state index contributed by atoms with van der Waals surface area (Å²) in [7, 11) is 0. The van der Waals surface area contributed by atoms with E-state index in [9.17, 15) is 18.0 Å². The van der Waals surface area contributed by atoms with E-state index in [0.717, 1.165) is 24.1 Å². The van der Waals surface area contributed by atoms with Crippen molar-refractivity contribution in [2.45, 2.75) is 25.4 Å². The lowest BCUT2D eigenvalue weighted by Gasteiger charge is -2.11. The Hall–Kier alpha value is -2.90. The molecule has 1 amide bonds. The summed E-state index contributed by atoms with van der Waals surface area (Å²) in [5, 5.41) is 2.70. The number of benzene rings is 2. The maximum atomic E-state index is 12.7. The van der Waals surface area contributed by atoms with Gasteiger partial charge in [0.25, 0.3) is 0 Å². The van der Waals surface area contributed by atoms with E-state index in [1.807, 2.05) is 18.2 Å². The minimum atomic E-state index is -4.42. The Bertz CT molecular complexity index is 839. The van der Waals surface area contributed by atoms with E-state index in [-0.39, 0.29) is 31.2 Å². The average molecular weight is 409 g/mol. The third-order valence-corrected chi connectivity index (χ3v) is 4.31. The van der Waals surface area contributed by atoms with E-state index in [1.165, 1.54) is 12.1 Å². The number of ether oxygens (including phenoxy) is 3. The number of nitrogens with one attached hydrogen (secondary N) is 1. The number of hydrogen-bond donors (Lipinski definition) is 1. The summed E-state index contributed by atoms with van der Waals surface area (Å²) < 4.78 is 54.5. The van der Waals surface area contributed by atoms with Gasteiger partial charge in [-0.25, -0.2) is 0 Å². The van der Waals surface area contributed by atoms with Gasteiger partial charge in [0.15, 0.2) is 11.5 Å². The Morgan fingerprint density at radius 2 is 1.86 bits per heavy atom. The average Bonchev–Trinajstić information content (AvgIpc) is 2.94. The zero-order valence-corrected chi connectivity index (χ0v) is 15.8. The Balaban J connectivity index is 1.39. The lowest BCUT2D eigenvalue weighted by Crippen LogP contribution is -2.28. The lowest BCUT2D eigenvalue weighted by atomic mass is 10.1. The molecule has 0 bridgehead atoms. The van der Waals surface area contributed by atoms with Crippen molar-refractivity contribution in [3.05, 3.63) is 53.6 Å². The first-order chi connectivity index (χ1) is 13.9. The predicted molar refractivity (Wildman–Crippen MR) is 100 cm³/mol. The zero-order valence-electron chi connectivity index (χ0n) is 15.8. The summed E-state index contributed by atoms with van der Waals surface area (Å²) in [6.07, 6.45) is -2.77. The molecule has 5 nitrogen and oxygen atoms in total. The molecule has 156 valence electrons. The van der Waals surface area contributed by atoms with E-state index >= 15 is 0 Å². The fourth-order valence-corrected chi connectivity index (χ4v) is 2.83. The Labute approximate surface area is 166 Å². The van der Waals surface area contributed by atoms with Crippen molar-refractivity contribution in [1.82, 2.24) is 5.32 Å². The van der Waals surface area contributed by atoms with E-state index in [2.05, 4.69) is 5.32 Å². The molecule has 0 spiro atoms. The van der Waals surface area contributed by atoms with Gasteiger partial charge >= 0.3 is 6.18 Å². The van der Waals surface area contributed by atoms with Crippen molar-refractivity contribution in [2.75, 3.05) is 26.4 Å². The van der Waals surface area contributed by atoms with Crippen LogP contribution in [0.5, 0.6) is 17.2 Å². The van der Waals surface area contributed by atoms with Crippen LogP contribution in [0.4, 0.5) is 13.2 Å². The van der Waals surface area contributed by atoms with Gasteiger partial charge in [0.2, 0.25) is 5.91 Å². The highest BCUT2D eigenvalue weighted by Crippen LogP contribution is 2.32. The van der Waals surface area contributed by atoms with Crippen molar-refractivity contribution in [3.63, 3.8) is 0 Å². The highest BCUT2D eigenvalue weighted by molar-refractivity contribution is 5.76. The SMILES string of the molecule is O=C(CCc1ccc2c(c1)OCCCO2)NCCOc1cccc(C(F)(F)F)c1. The van der Waals surface area contributed by atoms with Crippen LogP contribution in [0.2, 0.25) is 0 Å². The highest BCUT2D eigenvalue weighted by Gasteiger charge is 2.30. The number of alkyl halides is 3. The molecule has 1 aliphatic heterocycles. The minimum Gasteiger partial charge on any atom is -0.492 e. The van der Waals surface area contributed by atoms with Gasteiger partial charge in [0, 0.05) is 12.8 Å². The Morgan fingerprint density at radius 3 is 2.66 bits per heavy atom. The quantitative estimate of drug-likeness (QED) is 0.703. The van der Waals surface area contributed by atoms with Gasteiger partial charge in [0.1, 0.15) is 12.4 Å². The molecular weight excluding hydrogens is 387 g/mol. The monoisotopic (exact) mass is 409 g/mol. The molecule has 0 fully saturated rings. The molecule has 0 saturated carbocycles. The largest absolute Gasteiger partial charge is 0.492 e. The van der Waals surface area contributed by atoms with Gasteiger partial charge in [-0.15, -0.1) is 0 Å². The molecule has 2 aromatic carbocycles. The van der Waals surface area contributed by atoms with Gasteiger partial charge in [-0.2, -0.15) is 13.2 Å². The van der Waals surface area contributed by atoms with Gasteiger partial charge in [-0.1, -0.05) is 12.1 Å². The first-order valence-electron chi connectivity index (χ1n) is 9.37. The van der Waals surface area contributed by atoms with E-state index in [4.69, 9.17) is 14.2 Å². The van der Waals surface area contributed by atoms with Crippen molar-refractivity contribution in [1.29, 1.82) is 0 Å². The van der Waals surface area contributed by atoms with Gasteiger partial charge in [-0.05, 0) is 42.3 Å². The van der Waals surface area contributed by atoms with E-state index < -0.39 is 11.7 Å². The summed E-state index contributed by atoms with van der Waals surface area (Å²) in [5.41, 5.74) is 0.193. The van der Waals surface area contributed by atoms with Crippen LogP contribution in [0.3, 0.4) is 0 Å². The zero-order chi connectivity index (χ0) is 20.7. The molecule has 3 rings (SSSR count). The van der Waals surface area contributed by atoms with Crippen LogP contribution in [0.1, 0.15) is 24.0 Å². The summed E-state index contributed by atoms with van der Waals surface area (Å²) in [6.45, 7) is 1.51. The van der Waals surface area contributed by atoms with Gasteiger partial charge < -0.3 is 19.5 Å². The number of rotatable bonds is 7. The van der Waals surface area contributed by atoms with Crippen LogP contribution in [-0.4, -0.2) is 32.3 Å². The summed E-state index contributed by atoms with van der Waals surface area (Å²) in [6, 6.07) is 10.3. The molecule has 0 radical (unpaired) electrons. The molecule has 1 N–H and O–H groups in total. The van der Waals surface area contributed by atoms with E-state index in [1.54, 1.807) is 0 Å². The molecule has 1 heterocycles.